The molecule has 1 N–H and O–H groups in total. The van der Waals surface area contributed by atoms with E-state index in [0.717, 1.165) is 31.6 Å². The van der Waals surface area contributed by atoms with Gasteiger partial charge in [-0.15, -0.1) is 0 Å². The van der Waals surface area contributed by atoms with Crippen molar-refractivity contribution in [2.75, 3.05) is 31.2 Å². The highest BCUT2D eigenvalue weighted by atomic mass is 16.2. The van der Waals surface area contributed by atoms with Crippen molar-refractivity contribution in [1.82, 2.24) is 10.2 Å². The number of anilines is 1. The molecule has 1 spiro atoms. The van der Waals surface area contributed by atoms with Crippen LogP contribution in [0.3, 0.4) is 0 Å². The number of piperidine rings is 1. The number of rotatable bonds is 3. The second-order valence-electron chi connectivity index (χ2n) is 5.94. The molecule has 0 atom stereocenters. The van der Waals surface area contributed by atoms with Gasteiger partial charge in [0.15, 0.2) is 0 Å². The lowest BCUT2D eigenvalue weighted by molar-refractivity contribution is -0.125. The molecule has 3 rings (SSSR count). The summed E-state index contributed by atoms with van der Waals surface area (Å²) in [6.45, 7) is 4.24. The minimum Gasteiger partial charge on any atom is -0.339 e. The highest BCUT2D eigenvalue weighted by molar-refractivity contribution is 5.93. The standard InChI is InChI=1S/C16H21N3O2/c1-13(20)11-18-9-7-16(8-10-18)15(21)17-12-19(16)14-5-3-2-4-6-14/h2-6H,7-12H2,1H3,(H,17,21). The van der Waals surface area contributed by atoms with Gasteiger partial charge in [0, 0.05) is 18.8 Å². The van der Waals surface area contributed by atoms with E-state index in [4.69, 9.17) is 0 Å². The van der Waals surface area contributed by atoms with E-state index in [2.05, 4.69) is 15.1 Å². The fourth-order valence-corrected chi connectivity index (χ4v) is 3.43. The van der Waals surface area contributed by atoms with Crippen LogP contribution in [0, 0.1) is 0 Å². The lowest BCUT2D eigenvalue weighted by Gasteiger charge is -2.43. The molecule has 0 aromatic heterocycles. The van der Waals surface area contributed by atoms with E-state index in [1.807, 2.05) is 30.3 Å². The van der Waals surface area contributed by atoms with Gasteiger partial charge in [0.2, 0.25) is 5.91 Å². The zero-order chi connectivity index (χ0) is 14.9. The predicted octanol–water partition coefficient (Wildman–Crippen LogP) is 1.00. The minimum atomic E-state index is -0.450. The number of nitrogens with one attached hydrogen (secondary N) is 1. The quantitative estimate of drug-likeness (QED) is 0.901. The molecule has 5 nitrogen and oxygen atoms in total. The fraction of sp³-hybridized carbons (Fsp3) is 0.500. The molecule has 0 radical (unpaired) electrons. The predicted molar refractivity (Wildman–Crippen MR) is 81.0 cm³/mol. The molecule has 5 heteroatoms. The highest BCUT2D eigenvalue weighted by Gasteiger charge is 2.50. The number of hydrogen-bond donors (Lipinski definition) is 1. The van der Waals surface area contributed by atoms with Crippen LogP contribution in [0.25, 0.3) is 0 Å². The maximum Gasteiger partial charge on any atom is 0.247 e. The molecule has 2 aliphatic rings. The number of Topliss-reactive ketones (excluding diaryl/α,β-unsaturated/α-hetero) is 1. The first-order valence-electron chi connectivity index (χ1n) is 7.45. The molecule has 1 aromatic rings. The van der Waals surface area contributed by atoms with E-state index in [0.29, 0.717) is 13.2 Å². The largest absolute Gasteiger partial charge is 0.339 e. The fourth-order valence-electron chi connectivity index (χ4n) is 3.43. The smallest absolute Gasteiger partial charge is 0.247 e. The summed E-state index contributed by atoms with van der Waals surface area (Å²) in [5.41, 5.74) is 0.630. The zero-order valence-corrected chi connectivity index (χ0v) is 12.3. The Hall–Kier alpha value is -1.88. The topological polar surface area (TPSA) is 52.7 Å². The summed E-state index contributed by atoms with van der Waals surface area (Å²) in [7, 11) is 0. The molecular formula is C16H21N3O2. The summed E-state index contributed by atoms with van der Waals surface area (Å²) >= 11 is 0. The van der Waals surface area contributed by atoms with Crippen molar-refractivity contribution in [2.24, 2.45) is 0 Å². The van der Waals surface area contributed by atoms with E-state index < -0.39 is 5.54 Å². The molecule has 0 bridgehead atoms. The highest BCUT2D eigenvalue weighted by Crippen LogP contribution is 2.35. The van der Waals surface area contributed by atoms with Crippen molar-refractivity contribution in [3.05, 3.63) is 30.3 Å². The van der Waals surface area contributed by atoms with Crippen LogP contribution in [0.2, 0.25) is 0 Å². The first-order chi connectivity index (χ1) is 10.1. The van der Waals surface area contributed by atoms with Gasteiger partial charge in [-0.05, 0) is 31.9 Å². The van der Waals surface area contributed by atoms with Crippen molar-refractivity contribution in [3.63, 3.8) is 0 Å². The molecule has 2 saturated heterocycles. The number of amides is 1. The lowest BCUT2D eigenvalue weighted by Crippen LogP contribution is -2.56. The molecule has 0 unspecified atom stereocenters. The average Bonchev–Trinajstić information content (AvgIpc) is 2.79. The number of hydrogen-bond acceptors (Lipinski definition) is 4. The Morgan fingerprint density at radius 1 is 1.24 bits per heavy atom. The zero-order valence-electron chi connectivity index (χ0n) is 12.3. The SMILES string of the molecule is CC(=O)CN1CCC2(CC1)C(=O)NCN2c1ccccc1. The minimum absolute atomic E-state index is 0.119. The number of carbonyl (C=O) groups excluding carboxylic acids is 2. The first-order valence-corrected chi connectivity index (χ1v) is 7.45. The molecule has 112 valence electrons. The second-order valence-corrected chi connectivity index (χ2v) is 5.94. The average molecular weight is 287 g/mol. The van der Waals surface area contributed by atoms with Gasteiger partial charge >= 0.3 is 0 Å². The molecule has 2 heterocycles. The Morgan fingerprint density at radius 3 is 2.52 bits per heavy atom. The third kappa shape index (κ3) is 2.53. The lowest BCUT2D eigenvalue weighted by atomic mass is 9.85. The third-order valence-corrected chi connectivity index (χ3v) is 4.53. The van der Waals surface area contributed by atoms with Crippen molar-refractivity contribution in [3.8, 4) is 0 Å². The van der Waals surface area contributed by atoms with Crippen molar-refractivity contribution in [2.45, 2.75) is 25.3 Å². The molecule has 0 aliphatic carbocycles. The van der Waals surface area contributed by atoms with Crippen LogP contribution < -0.4 is 10.2 Å². The van der Waals surface area contributed by atoms with Crippen LogP contribution >= 0.6 is 0 Å². The molecule has 2 aliphatic heterocycles. The van der Waals surface area contributed by atoms with Crippen molar-refractivity contribution >= 4 is 17.4 Å². The number of para-hydroxylation sites is 1. The Kier molecular flexibility index (Phi) is 3.68. The Balaban J connectivity index is 1.79. The van der Waals surface area contributed by atoms with Crippen LogP contribution in [0.15, 0.2) is 30.3 Å². The molecular weight excluding hydrogens is 266 g/mol. The Labute approximate surface area is 124 Å². The number of carbonyl (C=O) groups is 2. The molecule has 1 aromatic carbocycles. The number of nitrogens with zero attached hydrogens (tertiary/aromatic N) is 2. The summed E-state index contributed by atoms with van der Waals surface area (Å²) in [6, 6.07) is 10.1. The summed E-state index contributed by atoms with van der Waals surface area (Å²) < 4.78 is 0. The monoisotopic (exact) mass is 287 g/mol. The van der Waals surface area contributed by atoms with E-state index >= 15 is 0 Å². The maximum absolute atomic E-state index is 12.4. The molecule has 0 saturated carbocycles. The third-order valence-electron chi connectivity index (χ3n) is 4.53. The van der Waals surface area contributed by atoms with E-state index in [1.54, 1.807) is 6.92 Å². The van der Waals surface area contributed by atoms with Gasteiger partial charge in [0.05, 0.1) is 13.2 Å². The number of ketones is 1. The normalized spacial score (nSPS) is 21.6. The van der Waals surface area contributed by atoms with Crippen molar-refractivity contribution < 1.29 is 9.59 Å². The van der Waals surface area contributed by atoms with Crippen LogP contribution in [-0.4, -0.2) is 48.4 Å². The van der Waals surface area contributed by atoms with Gasteiger partial charge in [-0.2, -0.15) is 0 Å². The van der Waals surface area contributed by atoms with Crippen LogP contribution in [0.1, 0.15) is 19.8 Å². The van der Waals surface area contributed by atoms with E-state index in [9.17, 15) is 9.59 Å². The maximum atomic E-state index is 12.4. The summed E-state index contributed by atoms with van der Waals surface area (Å²) in [4.78, 5) is 28.0. The number of benzene rings is 1. The number of likely N-dealkylation sites (tertiary alicyclic amines) is 1. The van der Waals surface area contributed by atoms with Gasteiger partial charge in [-0.3, -0.25) is 14.5 Å². The van der Waals surface area contributed by atoms with Gasteiger partial charge in [-0.1, -0.05) is 18.2 Å². The van der Waals surface area contributed by atoms with Crippen LogP contribution in [0.4, 0.5) is 5.69 Å². The van der Waals surface area contributed by atoms with Crippen LogP contribution in [-0.2, 0) is 9.59 Å². The van der Waals surface area contributed by atoms with Gasteiger partial charge < -0.3 is 10.2 Å². The van der Waals surface area contributed by atoms with Crippen LogP contribution in [0.5, 0.6) is 0 Å². The molecule has 1 amide bonds. The Bertz CT molecular complexity index is 536. The molecule has 21 heavy (non-hydrogen) atoms. The Morgan fingerprint density at radius 2 is 1.90 bits per heavy atom. The summed E-state index contributed by atoms with van der Waals surface area (Å²) in [5, 5.41) is 2.99. The van der Waals surface area contributed by atoms with Gasteiger partial charge in [0.25, 0.3) is 0 Å². The summed E-state index contributed by atoms with van der Waals surface area (Å²) in [6.07, 6.45) is 1.53. The van der Waals surface area contributed by atoms with Gasteiger partial charge in [0.1, 0.15) is 11.3 Å². The van der Waals surface area contributed by atoms with Crippen molar-refractivity contribution in [1.29, 1.82) is 0 Å². The van der Waals surface area contributed by atoms with E-state index in [-0.39, 0.29) is 11.7 Å². The second kappa shape index (κ2) is 5.48. The van der Waals surface area contributed by atoms with E-state index in [1.165, 1.54) is 0 Å². The van der Waals surface area contributed by atoms with Gasteiger partial charge in [-0.25, -0.2) is 0 Å². The summed E-state index contributed by atoms with van der Waals surface area (Å²) in [5.74, 6) is 0.301. The first kappa shape index (κ1) is 14.1. The molecule has 2 fully saturated rings.